The lowest BCUT2D eigenvalue weighted by atomic mass is 10.2. The average Bonchev–Trinajstić information content (AvgIpc) is 2.52. The van der Waals surface area contributed by atoms with Gasteiger partial charge in [0, 0.05) is 13.1 Å². The van der Waals surface area contributed by atoms with Crippen LogP contribution in [-0.2, 0) is 14.6 Å². The Labute approximate surface area is 131 Å². The molecule has 0 atom stereocenters. The molecule has 1 aromatic heterocycles. The molecule has 1 heterocycles. The Hall–Kier alpha value is -3.22. The number of esters is 1. The Morgan fingerprint density at radius 3 is 2.17 bits per heavy atom. The van der Waals surface area contributed by atoms with Gasteiger partial charge >= 0.3 is 17.9 Å². The smallest absolute Gasteiger partial charge is 0.390 e. The normalized spacial score (nSPS) is 9.83. The molecule has 0 aliphatic heterocycles. The highest BCUT2D eigenvalue weighted by atomic mass is 17.2. The zero-order valence-corrected chi connectivity index (χ0v) is 12.4. The molecule has 0 bridgehead atoms. The van der Waals surface area contributed by atoms with E-state index in [2.05, 4.69) is 14.8 Å². The van der Waals surface area contributed by atoms with Crippen LogP contribution in [0.15, 0.2) is 42.6 Å². The third-order valence-corrected chi connectivity index (χ3v) is 2.78. The summed E-state index contributed by atoms with van der Waals surface area (Å²) in [6, 6.07) is 8.98. The highest BCUT2D eigenvalue weighted by molar-refractivity contribution is 5.95. The zero-order valence-electron chi connectivity index (χ0n) is 12.4. The lowest BCUT2D eigenvalue weighted by Crippen LogP contribution is -2.14. The second kappa shape index (κ2) is 7.17. The summed E-state index contributed by atoms with van der Waals surface area (Å²) >= 11 is 0. The highest BCUT2D eigenvalue weighted by Gasteiger charge is 2.19. The van der Waals surface area contributed by atoms with E-state index in [0.717, 1.165) is 0 Å². The minimum absolute atomic E-state index is 0.0126. The minimum atomic E-state index is -0.961. The highest BCUT2D eigenvalue weighted by Crippen LogP contribution is 2.19. The molecular formula is C16H13NO6. The molecule has 2 rings (SSSR count). The van der Waals surface area contributed by atoms with E-state index in [1.165, 1.54) is 31.3 Å². The summed E-state index contributed by atoms with van der Waals surface area (Å²) in [6.07, 6.45) is 1.52. The number of carbonyl (C=O) groups excluding carboxylic acids is 3. The van der Waals surface area contributed by atoms with Crippen molar-refractivity contribution in [3.05, 3.63) is 59.4 Å². The molecule has 7 nitrogen and oxygen atoms in total. The van der Waals surface area contributed by atoms with Crippen LogP contribution in [-0.4, -0.2) is 22.9 Å². The molecule has 0 spiro atoms. The van der Waals surface area contributed by atoms with Crippen LogP contribution >= 0.6 is 0 Å². The van der Waals surface area contributed by atoms with Gasteiger partial charge in [-0.25, -0.2) is 19.4 Å². The van der Waals surface area contributed by atoms with E-state index in [0.29, 0.717) is 5.69 Å². The number of aryl methyl sites for hydroxylation is 1. The van der Waals surface area contributed by atoms with Crippen LogP contribution in [0, 0.1) is 6.92 Å². The van der Waals surface area contributed by atoms with E-state index < -0.39 is 17.9 Å². The summed E-state index contributed by atoms with van der Waals surface area (Å²) in [7, 11) is 0. The Balaban J connectivity index is 2.07. The van der Waals surface area contributed by atoms with Gasteiger partial charge in [-0.15, -0.1) is 0 Å². The molecule has 0 amide bonds. The number of benzene rings is 1. The van der Waals surface area contributed by atoms with Crippen molar-refractivity contribution < 1.29 is 28.9 Å². The van der Waals surface area contributed by atoms with Crippen LogP contribution in [0.25, 0.3) is 0 Å². The third kappa shape index (κ3) is 4.13. The van der Waals surface area contributed by atoms with Crippen molar-refractivity contribution in [3.8, 4) is 5.75 Å². The van der Waals surface area contributed by atoms with Crippen LogP contribution in [0.2, 0.25) is 0 Å². The van der Waals surface area contributed by atoms with Crippen LogP contribution < -0.4 is 4.74 Å². The first kappa shape index (κ1) is 16.2. The maximum absolute atomic E-state index is 12.0. The maximum Gasteiger partial charge on any atom is 0.390 e. The Morgan fingerprint density at radius 1 is 0.913 bits per heavy atom. The molecule has 0 saturated heterocycles. The van der Waals surface area contributed by atoms with E-state index >= 15 is 0 Å². The van der Waals surface area contributed by atoms with E-state index in [1.54, 1.807) is 25.1 Å². The average molecular weight is 315 g/mol. The topological polar surface area (TPSA) is 91.8 Å². The first-order valence-electron chi connectivity index (χ1n) is 6.61. The van der Waals surface area contributed by atoms with E-state index in [1.807, 2.05) is 0 Å². The van der Waals surface area contributed by atoms with E-state index in [9.17, 15) is 14.4 Å². The SMILES string of the molecule is CC(=O)Oc1ccccc1C(=O)OOC(=O)c1cccnc1C. The molecule has 0 aliphatic carbocycles. The summed E-state index contributed by atoms with van der Waals surface area (Å²) < 4.78 is 4.89. The molecule has 23 heavy (non-hydrogen) atoms. The number of hydrogen-bond donors (Lipinski definition) is 0. The van der Waals surface area contributed by atoms with E-state index in [4.69, 9.17) is 4.74 Å². The van der Waals surface area contributed by atoms with Gasteiger partial charge in [-0.05, 0) is 31.2 Å². The summed E-state index contributed by atoms with van der Waals surface area (Å²) in [5, 5.41) is 0. The Bertz CT molecular complexity index is 756. The quantitative estimate of drug-likeness (QED) is 0.371. The van der Waals surface area contributed by atoms with Crippen molar-refractivity contribution in [2.45, 2.75) is 13.8 Å². The molecule has 118 valence electrons. The van der Waals surface area contributed by atoms with Gasteiger partial charge in [0.1, 0.15) is 11.3 Å². The van der Waals surface area contributed by atoms with Gasteiger partial charge in [0.2, 0.25) is 0 Å². The predicted molar refractivity (Wildman–Crippen MR) is 77.6 cm³/mol. The Kier molecular flexibility index (Phi) is 5.03. The molecule has 7 heteroatoms. The van der Waals surface area contributed by atoms with Crippen molar-refractivity contribution in [1.82, 2.24) is 4.98 Å². The summed E-state index contributed by atoms with van der Waals surface area (Å²) in [5.41, 5.74) is 0.570. The summed E-state index contributed by atoms with van der Waals surface area (Å²) in [6.45, 7) is 2.82. The second-order valence-electron chi connectivity index (χ2n) is 4.47. The number of hydrogen-bond acceptors (Lipinski definition) is 7. The molecule has 2 aromatic rings. The fourth-order valence-electron chi connectivity index (χ4n) is 1.74. The molecule has 0 radical (unpaired) electrons. The van der Waals surface area contributed by atoms with Crippen LogP contribution in [0.5, 0.6) is 5.75 Å². The van der Waals surface area contributed by atoms with Gasteiger partial charge in [0.25, 0.3) is 0 Å². The molecule has 0 fully saturated rings. The summed E-state index contributed by atoms with van der Waals surface area (Å²) in [4.78, 5) is 47.8. The van der Waals surface area contributed by atoms with Gasteiger partial charge in [-0.3, -0.25) is 9.78 Å². The van der Waals surface area contributed by atoms with Gasteiger partial charge in [0.05, 0.1) is 11.3 Å². The Morgan fingerprint density at radius 2 is 1.52 bits per heavy atom. The van der Waals surface area contributed by atoms with Crippen molar-refractivity contribution in [2.24, 2.45) is 0 Å². The van der Waals surface area contributed by atoms with Gasteiger partial charge in [-0.2, -0.15) is 0 Å². The molecule has 0 saturated carbocycles. The molecule has 0 unspecified atom stereocenters. The van der Waals surface area contributed by atoms with Gasteiger partial charge < -0.3 is 4.74 Å². The van der Waals surface area contributed by atoms with Crippen LogP contribution in [0.4, 0.5) is 0 Å². The number of pyridine rings is 1. The van der Waals surface area contributed by atoms with Crippen molar-refractivity contribution in [2.75, 3.05) is 0 Å². The third-order valence-electron chi connectivity index (χ3n) is 2.78. The largest absolute Gasteiger partial charge is 0.426 e. The molecule has 1 aromatic carbocycles. The summed E-state index contributed by atoms with van der Waals surface area (Å²) in [5.74, 6) is -2.39. The fourth-order valence-corrected chi connectivity index (χ4v) is 1.74. The molecule has 0 N–H and O–H groups in total. The predicted octanol–water partition coefficient (Wildman–Crippen LogP) is 2.24. The van der Waals surface area contributed by atoms with Gasteiger partial charge in [0.15, 0.2) is 0 Å². The molecule has 0 aliphatic rings. The molecular weight excluding hydrogens is 302 g/mol. The first-order valence-corrected chi connectivity index (χ1v) is 6.61. The monoisotopic (exact) mass is 315 g/mol. The first-order chi connectivity index (χ1) is 11.0. The zero-order chi connectivity index (χ0) is 16.8. The van der Waals surface area contributed by atoms with Crippen molar-refractivity contribution in [3.63, 3.8) is 0 Å². The van der Waals surface area contributed by atoms with Crippen molar-refractivity contribution in [1.29, 1.82) is 0 Å². The lowest BCUT2D eigenvalue weighted by molar-refractivity contribution is -0.187. The fraction of sp³-hybridized carbons (Fsp3) is 0.125. The maximum atomic E-state index is 12.0. The number of rotatable bonds is 3. The number of carbonyl (C=O) groups is 3. The number of nitrogens with zero attached hydrogens (tertiary/aromatic N) is 1. The van der Waals surface area contributed by atoms with Crippen LogP contribution in [0.1, 0.15) is 33.3 Å². The second-order valence-corrected chi connectivity index (χ2v) is 4.47. The minimum Gasteiger partial charge on any atom is -0.426 e. The lowest BCUT2D eigenvalue weighted by Gasteiger charge is -2.08. The van der Waals surface area contributed by atoms with Crippen LogP contribution in [0.3, 0.4) is 0 Å². The van der Waals surface area contributed by atoms with Crippen molar-refractivity contribution >= 4 is 17.9 Å². The van der Waals surface area contributed by atoms with Gasteiger partial charge in [-0.1, -0.05) is 12.1 Å². The number of ether oxygens (including phenoxy) is 1. The number of aromatic nitrogens is 1. The standard InChI is InChI=1S/C16H13NO6/c1-10-12(7-5-9-17-10)15(19)22-23-16(20)13-6-3-4-8-14(13)21-11(2)18/h3-9H,1-2H3. The number of para-hydroxylation sites is 1. The van der Waals surface area contributed by atoms with E-state index in [-0.39, 0.29) is 16.9 Å².